The predicted molar refractivity (Wildman–Crippen MR) is 133 cm³/mol. The first-order valence-corrected chi connectivity index (χ1v) is 14.4. The molecule has 1 aromatic carbocycles. The van der Waals surface area contributed by atoms with E-state index in [0.29, 0.717) is 72.5 Å². The molecule has 10 heteroatoms. The highest BCUT2D eigenvalue weighted by molar-refractivity contribution is 7.91. The lowest BCUT2D eigenvalue weighted by atomic mass is 9.79. The topological polar surface area (TPSA) is 124 Å². The van der Waals surface area contributed by atoms with Crippen LogP contribution in [0.25, 0.3) is 5.69 Å². The molecular formula is C26H34FN3O5S. The number of anilines is 1. The highest BCUT2D eigenvalue weighted by atomic mass is 32.2. The highest BCUT2D eigenvalue weighted by Gasteiger charge is 2.45. The van der Waals surface area contributed by atoms with Crippen molar-refractivity contribution >= 4 is 21.4 Å². The quantitative estimate of drug-likeness (QED) is 0.536. The van der Waals surface area contributed by atoms with E-state index in [1.807, 2.05) is 18.4 Å². The molecule has 0 radical (unpaired) electrons. The van der Waals surface area contributed by atoms with Crippen molar-refractivity contribution < 1.29 is 27.4 Å². The second-order valence-corrected chi connectivity index (χ2v) is 12.5. The fraction of sp³-hybridized carbons (Fsp3) is 0.577. The van der Waals surface area contributed by atoms with Crippen LogP contribution in [0.4, 0.5) is 10.1 Å². The average Bonchev–Trinajstić information content (AvgIpc) is 3.39. The van der Waals surface area contributed by atoms with Gasteiger partial charge in [-0.05, 0) is 62.5 Å². The Kier molecular flexibility index (Phi) is 6.41. The smallest absolute Gasteiger partial charge is 0.253 e. The number of ether oxygens (including phenoxy) is 1. The fourth-order valence-corrected chi connectivity index (χ4v) is 8.74. The van der Waals surface area contributed by atoms with Gasteiger partial charge in [0.15, 0.2) is 9.84 Å². The van der Waals surface area contributed by atoms with Gasteiger partial charge in [0.05, 0.1) is 52.6 Å². The Morgan fingerprint density at radius 2 is 1.89 bits per heavy atom. The largest absolute Gasteiger partial charge is 0.393 e. The lowest BCUT2D eigenvalue weighted by Gasteiger charge is -2.36. The van der Waals surface area contributed by atoms with Gasteiger partial charge in [-0.2, -0.15) is 0 Å². The van der Waals surface area contributed by atoms with Crippen LogP contribution in [-0.4, -0.2) is 41.9 Å². The van der Waals surface area contributed by atoms with Crippen LogP contribution in [-0.2, 0) is 34.2 Å². The summed E-state index contributed by atoms with van der Waals surface area (Å²) in [5, 5.41) is 13.1. The van der Waals surface area contributed by atoms with Crippen molar-refractivity contribution in [3.05, 3.63) is 40.5 Å². The van der Waals surface area contributed by atoms with Crippen LogP contribution >= 0.6 is 0 Å². The van der Waals surface area contributed by atoms with E-state index in [4.69, 9.17) is 10.5 Å². The summed E-state index contributed by atoms with van der Waals surface area (Å²) in [4.78, 5) is 12.5. The number of carbonyl (C=O) groups is 1. The molecule has 3 aliphatic rings. The predicted octanol–water partition coefficient (Wildman–Crippen LogP) is 3.60. The molecule has 1 saturated carbocycles. The first-order chi connectivity index (χ1) is 17.1. The van der Waals surface area contributed by atoms with Crippen LogP contribution in [0.1, 0.15) is 79.7 Å². The van der Waals surface area contributed by atoms with Gasteiger partial charge in [0.2, 0.25) is 0 Å². The molecule has 4 N–H and O–H groups in total. The Hall–Kier alpha value is -2.43. The summed E-state index contributed by atoms with van der Waals surface area (Å²) < 4.78 is 50.0. The number of hydrogen-bond acceptors (Lipinski definition) is 6. The molecule has 0 spiro atoms. The summed E-state index contributed by atoms with van der Waals surface area (Å²) in [6.45, 7) is 4.45. The van der Waals surface area contributed by atoms with Gasteiger partial charge < -0.3 is 25.5 Å². The van der Waals surface area contributed by atoms with Gasteiger partial charge in [0.25, 0.3) is 5.91 Å². The molecule has 196 valence electrons. The van der Waals surface area contributed by atoms with Gasteiger partial charge in [-0.25, -0.2) is 12.8 Å². The fourth-order valence-electron chi connectivity index (χ4n) is 6.20. The Morgan fingerprint density at radius 3 is 2.53 bits per heavy atom. The molecule has 0 bridgehead atoms. The lowest BCUT2D eigenvalue weighted by molar-refractivity contribution is 0.0996. The number of rotatable bonds is 6. The van der Waals surface area contributed by atoms with E-state index < -0.39 is 27.0 Å². The van der Waals surface area contributed by atoms with Crippen molar-refractivity contribution in [3.8, 4) is 5.69 Å². The average molecular weight is 520 g/mol. The van der Waals surface area contributed by atoms with E-state index >= 15 is 4.39 Å². The number of hydrogen-bond donors (Lipinski definition) is 3. The Bertz CT molecular complexity index is 1310. The zero-order valence-corrected chi connectivity index (χ0v) is 21.6. The van der Waals surface area contributed by atoms with Gasteiger partial charge >= 0.3 is 0 Å². The number of nitrogens with one attached hydrogen (secondary N) is 1. The third kappa shape index (κ3) is 4.13. The minimum Gasteiger partial charge on any atom is -0.393 e. The molecule has 1 fully saturated rings. The van der Waals surface area contributed by atoms with Crippen LogP contribution in [0, 0.1) is 11.2 Å². The number of sulfone groups is 1. The summed E-state index contributed by atoms with van der Waals surface area (Å²) in [5.74, 6) is -1.55. The summed E-state index contributed by atoms with van der Waals surface area (Å²) >= 11 is 0. The number of fused-ring (bicyclic) bond motifs is 3. The molecular weight excluding hydrogens is 485 g/mol. The van der Waals surface area contributed by atoms with Crippen LogP contribution < -0.4 is 11.1 Å². The molecule has 2 aromatic rings. The zero-order valence-electron chi connectivity index (χ0n) is 20.8. The molecule has 0 saturated heterocycles. The molecule has 5 rings (SSSR count). The Morgan fingerprint density at radius 1 is 1.19 bits per heavy atom. The van der Waals surface area contributed by atoms with Crippen molar-refractivity contribution in [1.82, 2.24) is 4.57 Å². The molecule has 0 atom stereocenters. The number of aromatic nitrogens is 1. The monoisotopic (exact) mass is 519 g/mol. The maximum atomic E-state index is 15.4. The van der Waals surface area contributed by atoms with Crippen LogP contribution in [0.15, 0.2) is 17.0 Å². The normalized spacial score (nSPS) is 24.2. The van der Waals surface area contributed by atoms with E-state index in [1.165, 1.54) is 6.07 Å². The zero-order chi connectivity index (χ0) is 25.8. The van der Waals surface area contributed by atoms with Gasteiger partial charge in [0, 0.05) is 17.3 Å². The number of amides is 1. The molecule has 2 aliphatic heterocycles. The second kappa shape index (κ2) is 9.15. The molecule has 1 amide bonds. The summed E-state index contributed by atoms with van der Waals surface area (Å²) in [6, 6.07) is 2.91. The van der Waals surface area contributed by atoms with Crippen molar-refractivity contribution in [2.24, 2.45) is 11.1 Å². The SMILES string of the molecule is CCC1(CC)Cc2c(c3c(n2-c2cc(F)c(C(N)=O)c(N[C@H]4CC[C@H](O)CC4)c2)COC3)S(=O)(=O)C1. The van der Waals surface area contributed by atoms with Crippen LogP contribution in [0.5, 0.6) is 0 Å². The third-order valence-corrected chi connectivity index (χ3v) is 10.5. The summed E-state index contributed by atoms with van der Waals surface area (Å²) in [7, 11) is -3.56. The highest BCUT2D eigenvalue weighted by Crippen LogP contribution is 2.47. The van der Waals surface area contributed by atoms with Crippen molar-refractivity contribution in [3.63, 3.8) is 0 Å². The number of halogens is 1. The number of primary amides is 1. The van der Waals surface area contributed by atoms with E-state index in [2.05, 4.69) is 5.32 Å². The Balaban J connectivity index is 1.68. The van der Waals surface area contributed by atoms with E-state index in [9.17, 15) is 18.3 Å². The van der Waals surface area contributed by atoms with E-state index in [0.717, 1.165) is 0 Å². The van der Waals surface area contributed by atoms with Gasteiger partial charge in [-0.15, -0.1) is 0 Å². The van der Waals surface area contributed by atoms with Gasteiger partial charge in [-0.1, -0.05) is 13.8 Å². The van der Waals surface area contributed by atoms with Crippen LogP contribution in [0.3, 0.4) is 0 Å². The minimum atomic E-state index is -3.56. The molecule has 1 aliphatic carbocycles. The van der Waals surface area contributed by atoms with Crippen LogP contribution in [0.2, 0.25) is 0 Å². The maximum absolute atomic E-state index is 15.4. The van der Waals surface area contributed by atoms with E-state index in [1.54, 1.807) is 6.07 Å². The van der Waals surface area contributed by atoms with Gasteiger partial charge in [-0.3, -0.25) is 4.79 Å². The number of benzene rings is 1. The number of aliphatic hydroxyl groups excluding tert-OH is 1. The number of aliphatic hydroxyl groups is 1. The molecule has 3 heterocycles. The maximum Gasteiger partial charge on any atom is 0.253 e. The van der Waals surface area contributed by atoms with E-state index in [-0.39, 0.29) is 42.4 Å². The Labute approximate surface area is 210 Å². The first kappa shape index (κ1) is 25.2. The molecule has 0 unspecified atom stereocenters. The van der Waals surface area contributed by atoms with Crippen molar-refractivity contribution in [1.29, 1.82) is 0 Å². The molecule has 8 nitrogen and oxygen atoms in total. The summed E-state index contributed by atoms with van der Waals surface area (Å²) in [6.07, 6.45) is 4.24. The minimum absolute atomic E-state index is 0.0398. The number of nitrogens with zero attached hydrogens (tertiary/aromatic N) is 1. The number of nitrogens with two attached hydrogens (primary N) is 1. The van der Waals surface area contributed by atoms with Gasteiger partial charge in [0.1, 0.15) is 5.82 Å². The van der Waals surface area contributed by atoms with Crippen molar-refractivity contribution in [2.45, 2.75) is 89.0 Å². The van der Waals surface area contributed by atoms with Crippen molar-refractivity contribution in [2.75, 3.05) is 11.1 Å². The standard InChI is InChI=1S/C26H34FN3O5S/c1-3-26(4-2)11-21-24(36(33,34)14-26)18-12-35-13-22(18)30(21)16-9-19(27)23(25(28)32)20(10-16)29-15-5-7-17(31)8-6-15/h9-10,15,17,29,31H,3-8,11-14H2,1-2H3,(H2,28,32)/t15-,17-. The summed E-state index contributed by atoms with van der Waals surface area (Å²) in [5.41, 5.74) is 7.69. The number of carbonyl (C=O) groups excluding carboxylic acids is 1. The molecule has 1 aromatic heterocycles. The third-order valence-electron chi connectivity index (χ3n) is 8.40. The lowest BCUT2D eigenvalue weighted by Crippen LogP contribution is -2.37. The molecule has 36 heavy (non-hydrogen) atoms. The first-order valence-electron chi connectivity index (χ1n) is 12.7. The second-order valence-electron chi connectivity index (χ2n) is 10.5.